The molecule has 0 fully saturated rings. The number of rotatable bonds is 7. The maximum atomic E-state index is 5.11. The van der Waals surface area contributed by atoms with Crippen LogP contribution in [0.2, 0.25) is 0 Å². The number of hydrogen-bond acceptors (Lipinski definition) is 3. The molecule has 0 saturated carbocycles. The summed E-state index contributed by atoms with van der Waals surface area (Å²) in [6.07, 6.45) is 0. The van der Waals surface area contributed by atoms with E-state index in [1.54, 1.807) is 0 Å². The van der Waals surface area contributed by atoms with E-state index in [9.17, 15) is 0 Å². The highest BCUT2D eigenvalue weighted by atomic mass is 15.0. The van der Waals surface area contributed by atoms with Gasteiger partial charge in [0.25, 0.3) is 0 Å². The largest absolute Gasteiger partial charge is 0.309 e. The Bertz CT molecular complexity index is 4310. The average molecular weight is 892 g/mol. The van der Waals surface area contributed by atoms with Gasteiger partial charge in [-0.05, 0) is 111 Å². The molecule has 0 aliphatic carbocycles. The predicted octanol–water partition coefficient (Wildman–Crippen LogP) is 16.7. The molecule has 14 aromatic rings. The standard InChI is InChI=1S/C65H41N5/c1-4-16-42(17-5-1)43-28-30-46(31-29-43)64-66-63(45-19-6-2-7-20-45)67-65(68-64)47-32-36-50(37-33-47)69-58-38-35-48(40-56(58)61-51-23-11-10-18-44(51)34-39-59(61)69)55-41-60-62(53-25-13-12-24-52(53)55)54-26-14-15-27-57(54)70(60)49-21-8-3-9-22-49/h1-41H. The molecule has 3 aromatic heterocycles. The molecular formula is C65H41N5. The molecule has 0 radical (unpaired) electrons. The zero-order valence-corrected chi connectivity index (χ0v) is 37.9. The maximum Gasteiger partial charge on any atom is 0.164 e. The average Bonchev–Trinajstić information content (AvgIpc) is 3.96. The van der Waals surface area contributed by atoms with Gasteiger partial charge in [-0.15, -0.1) is 0 Å². The van der Waals surface area contributed by atoms with Crippen LogP contribution in [0, 0.1) is 0 Å². The van der Waals surface area contributed by atoms with E-state index in [1.165, 1.54) is 70.8 Å². The van der Waals surface area contributed by atoms with Gasteiger partial charge in [-0.1, -0.05) is 182 Å². The number of aromatic nitrogens is 5. The van der Waals surface area contributed by atoms with Gasteiger partial charge in [-0.2, -0.15) is 0 Å². The Morgan fingerprint density at radius 1 is 0.243 bits per heavy atom. The van der Waals surface area contributed by atoms with Crippen LogP contribution in [-0.2, 0) is 0 Å². The normalized spacial score (nSPS) is 11.7. The molecular weight excluding hydrogens is 851 g/mol. The lowest BCUT2D eigenvalue weighted by molar-refractivity contribution is 1.07. The number of para-hydroxylation sites is 2. The molecule has 11 aromatic carbocycles. The van der Waals surface area contributed by atoms with Gasteiger partial charge in [-0.25, -0.2) is 15.0 Å². The molecule has 3 heterocycles. The van der Waals surface area contributed by atoms with Crippen LogP contribution in [-0.4, -0.2) is 24.1 Å². The molecule has 0 unspecified atom stereocenters. The van der Waals surface area contributed by atoms with Crippen molar-refractivity contribution in [2.24, 2.45) is 0 Å². The van der Waals surface area contributed by atoms with E-state index in [-0.39, 0.29) is 0 Å². The Labute approximate surface area is 403 Å². The van der Waals surface area contributed by atoms with Gasteiger partial charge in [0, 0.05) is 49.6 Å². The summed E-state index contributed by atoms with van der Waals surface area (Å²) in [7, 11) is 0. The van der Waals surface area contributed by atoms with Crippen LogP contribution in [0.3, 0.4) is 0 Å². The molecule has 5 nitrogen and oxygen atoms in total. The van der Waals surface area contributed by atoms with Gasteiger partial charge >= 0.3 is 0 Å². The molecule has 326 valence electrons. The lowest BCUT2D eigenvalue weighted by Crippen LogP contribution is -2.00. The molecule has 0 bridgehead atoms. The second-order valence-electron chi connectivity index (χ2n) is 18.0. The molecule has 0 saturated heterocycles. The van der Waals surface area contributed by atoms with Crippen LogP contribution >= 0.6 is 0 Å². The first-order valence-electron chi connectivity index (χ1n) is 23.8. The first kappa shape index (κ1) is 39.7. The van der Waals surface area contributed by atoms with Gasteiger partial charge in [-0.3, -0.25) is 0 Å². The Kier molecular flexibility index (Phi) is 9.14. The minimum Gasteiger partial charge on any atom is -0.309 e. The molecule has 5 heteroatoms. The molecule has 0 atom stereocenters. The van der Waals surface area contributed by atoms with Crippen LogP contribution in [0.4, 0.5) is 0 Å². The van der Waals surface area contributed by atoms with Crippen LogP contribution in [0.5, 0.6) is 0 Å². The zero-order valence-electron chi connectivity index (χ0n) is 37.9. The van der Waals surface area contributed by atoms with Crippen LogP contribution in [0.1, 0.15) is 0 Å². The van der Waals surface area contributed by atoms with E-state index in [2.05, 4.69) is 221 Å². The summed E-state index contributed by atoms with van der Waals surface area (Å²) in [5.41, 5.74) is 14.3. The highest BCUT2D eigenvalue weighted by Gasteiger charge is 2.21. The highest BCUT2D eigenvalue weighted by molar-refractivity contribution is 6.26. The SMILES string of the molecule is c1ccc(-c2ccc(-c3nc(-c4ccccc4)nc(-c4ccc(-n5c6ccc(-c7cc8c(c9ccccc79)c7ccccc7n8-c7ccccc7)cc6c6c7ccccc7ccc65)cc4)n3)cc2)cc1. The molecule has 0 aliphatic rings. The third kappa shape index (κ3) is 6.44. The summed E-state index contributed by atoms with van der Waals surface area (Å²) in [5, 5.41) is 9.87. The van der Waals surface area contributed by atoms with Crippen molar-refractivity contribution in [3.05, 3.63) is 249 Å². The van der Waals surface area contributed by atoms with Crippen molar-refractivity contribution in [2.45, 2.75) is 0 Å². The lowest BCUT2D eigenvalue weighted by atomic mass is 9.93. The van der Waals surface area contributed by atoms with Crippen LogP contribution < -0.4 is 0 Å². The molecule has 0 aliphatic heterocycles. The lowest BCUT2D eigenvalue weighted by Gasteiger charge is -2.13. The summed E-state index contributed by atoms with van der Waals surface area (Å²) in [6.45, 7) is 0. The van der Waals surface area contributed by atoms with Gasteiger partial charge in [0.2, 0.25) is 0 Å². The summed E-state index contributed by atoms with van der Waals surface area (Å²) in [5.74, 6) is 1.89. The van der Waals surface area contributed by atoms with E-state index < -0.39 is 0 Å². The van der Waals surface area contributed by atoms with Crippen molar-refractivity contribution in [2.75, 3.05) is 0 Å². The van der Waals surface area contributed by atoms with E-state index in [0.29, 0.717) is 17.5 Å². The van der Waals surface area contributed by atoms with Crippen LogP contribution in [0.25, 0.3) is 133 Å². The third-order valence-electron chi connectivity index (χ3n) is 14.0. The van der Waals surface area contributed by atoms with Gasteiger partial charge < -0.3 is 9.13 Å². The Balaban J connectivity index is 0.928. The predicted molar refractivity (Wildman–Crippen MR) is 291 cm³/mol. The summed E-state index contributed by atoms with van der Waals surface area (Å²) in [6, 6.07) is 88.9. The fourth-order valence-electron chi connectivity index (χ4n) is 10.7. The Morgan fingerprint density at radius 3 is 1.39 bits per heavy atom. The van der Waals surface area contributed by atoms with Crippen molar-refractivity contribution in [3.63, 3.8) is 0 Å². The van der Waals surface area contributed by atoms with E-state index in [0.717, 1.165) is 44.7 Å². The number of hydrogen-bond donors (Lipinski definition) is 0. The number of benzene rings is 11. The highest BCUT2D eigenvalue weighted by Crippen LogP contribution is 2.44. The van der Waals surface area contributed by atoms with Crippen molar-refractivity contribution >= 4 is 65.2 Å². The van der Waals surface area contributed by atoms with Crippen molar-refractivity contribution < 1.29 is 0 Å². The van der Waals surface area contributed by atoms with Gasteiger partial charge in [0.1, 0.15) is 0 Å². The summed E-state index contributed by atoms with van der Waals surface area (Å²) >= 11 is 0. The molecule has 0 spiro atoms. The summed E-state index contributed by atoms with van der Waals surface area (Å²) < 4.78 is 4.83. The van der Waals surface area contributed by atoms with Crippen LogP contribution in [0.15, 0.2) is 249 Å². The van der Waals surface area contributed by atoms with E-state index in [4.69, 9.17) is 15.0 Å². The second-order valence-corrected chi connectivity index (χ2v) is 18.0. The van der Waals surface area contributed by atoms with Gasteiger partial charge in [0.05, 0.1) is 22.1 Å². The minimum absolute atomic E-state index is 0.621. The van der Waals surface area contributed by atoms with E-state index in [1.807, 2.05) is 36.4 Å². The van der Waals surface area contributed by atoms with Crippen molar-refractivity contribution in [1.29, 1.82) is 0 Å². The smallest absolute Gasteiger partial charge is 0.164 e. The molecule has 70 heavy (non-hydrogen) atoms. The monoisotopic (exact) mass is 891 g/mol. The molecule has 0 N–H and O–H groups in total. The van der Waals surface area contributed by atoms with Crippen molar-refractivity contribution in [3.8, 4) is 67.8 Å². The molecule has 14 rings (SSSR count). The minimum atomic E-state index is 0.621. The first-order valence-corrected chi connectivity index (χ1v) is 23.8. The summed E-state index contributed by atoms with van der Waals surface area (Å²) in [4.78, 5) is 15.2. The topological polar surface area (TPSA) is 48.5 Å². The van der Waals surface area contributed by atoms with Crippen molar-refractivity contribution in [1.82, 2.24) is 24.1 Å². The quantitative estimate of drug-likeness (QED) is 0.160. The fraction of sp³-hybridized carbons (Fsp3) is 0. The Hall–Kier alpha value is -9.45. The maximum absolute atomic E-state index is 5.11. The fourth-order valence-corrected chi connectivity index (χ4v) is 10.7. The zero-order chi connectivity index (χ0) is 46.1. The Morgan fingerprint density at radius 2 is 0.686 bits per heavy atom. The number of nitrogens with zero attached hydrogens (tertiary/aromatic N) is 5. The second kappa shape index (κ2) is 16.1. The first-order chi connectivity index (χ1) is 34.7. The van der Waals surface area contributed by atoms with Gasteiger partial charge in [0.15, 0.2) is 17.5 Å². The molecule has 0 amide bonds. The number of fused-ring (bicyclic) bond motifs is 10. The van der Waals surface area contributed by atoms with E-state index >= 15 is 0 Å². The third-order valence-corrected chi connectivity index (χ3v) is 14.0.